The molecule has 1 atom stereocenters. The third kappa shape index (κ3) is 3.54. The zero-order valence-electron chi connectivity index (χ0n) is 10.3. The smallest absolute Gasteiger partial charge is 0.309 e. The average molecular weight is 300 g/mol. The number of aliphatic carboxylic acids is 1. The fourth-order valence-corrected chi connectivity index (χ4v) is 2.28. The minimum atomic E-state index is -0.773. The largest absolute Gasteiger partial charge is 0.481 e. The van der Waals surface area contributed by atoms with E-state index in [1.807, 2.05) is 31.3 Å². The van der Waals surface area contributed by atoms with Gasteiger partial charge in [-0.1, -0.05) is 34.1 Å². The van der Waals surface area contributed by atoms with Crippen LogP contribution >= 0.6 is 15.9 Å². The van der Waals surface area contributed by atoms with Gasteiger partial charge < -0.3 is 10.4 Å². The first-order valence-corrected chi connectivity index (χ1v) is 6.33. The van der Waals surface area contributed by atoms with Crippen molar-refractivity contribution in [1.29, 1.82) is 0 Å². The Morgan fingerprint density at radius 2 is 2.06 bits per heavy atom. The van der Waals surface area contributed by atoms with Crippen LogP contribution in [0.4, 0.5) is 0 Å². The van der Waals surface area contributed by atoms with E-state index in [4.69, 9.17) is 5.11 Å². The van der Waals surface area contributed by atoms with Crippen LogP contribution in [-0.2, 0) is 4.79 Å². The van der Waals surface area contributed by atoms with Gasteiger partial charge in [-0.3, -0.25) is 4.79 Å². The predicted molar refractivity (Wildman–Crippen MR) is 72.0 cm³/mol. The minimum Gasteiger partial charge on any atom is -0.481 e. The molecular weight excluding hydrogens is 282 g/mol. The van der Waals surface area contributed by atoms with Crippen molar-refractivity contribution >= 4 is 21.9 Å². The molecule has 4 heteroatoms. The maximum atomic E-state index is 11.1. The summed E-state index contributed by atoms with van der Waals surface area (Å²) in [7, 11) is 1.85. The maximum Gasteiger partial charge on any atom is 0.309 e. The number of carbonyl (C=O) groups is 1. The van der Waals surface area contributed by atoms with E-state index in [2.05, 4.69) is 21.2 Å². The van der Waals surface area contributed by atoms with Gasteiger partial charge in [-0.05, 0) is 38.9 Å². The monoisotopic (exact) mass is 299 g/mol. The van der Waals surface area contributed by atoms with Gasteiger partial charge in [-0.2, -0.15) is 0 Å². The second-order valence-corrected chi connectivity index (χ2v) is 5.61. The van der Waals surface area contributed by atoms with Crippen LogP contribution in [0.15, 0.2) is 28.7 Å². The van der Waals surface area contributed by atoms with Gasteiger partial charge >= 0.3 is 5.97 Å². The zero-order valence-corrected chi connectivity index (χ0v) is 11.9. The molecule has 0 heterocycles. The molecule has 0 amide bonds. The molecule has 1 rings (SSSR count). The van der Waals surface area contributed by atoms with E-state index >= 15 is 0 Å². The van der Waals surface area contributed by atoms with Gasteiger partial charge in [0.05, 0.1) is 5.41 Å². The number of carboxylic acids is 1. The lowest BCUT2D eigenvalue weighted by molar-refractivity contribution is -0.147. The average Bonchev–Trinajstić information content (AvgIpc) is 2.26. The van der Waals surface area contributed by atoms with Crippen LogP contribution in [0.3, 0.4) is 0 Å². The molecule has 0 aliphatic rings. The highest BCUT2D eigenvalue weighted by Crippen LogP contribution is 2.33. The number of carboxylic acid groups (broad SMARTS) is 1. The van der Waals surface area contributed by atoms with Gasteiger partial charge in [-0.15, -0.1) is 0 Å². The summed E-state index contributed by atoms with van der Waals surface area (Å²) in [5.41, 5.74) is 0.340. The van der Waals surface area contributed by atoms with Crippen LogP contribution in [-0.4, -0.2) is 18.1 Å². The quantitative estimate of drug-likeness (QED) is 0.878. The predicted octanol–water partition coefficient (Wildman–Crippen LogP) is 3.21. The van der Waals surface area contributed by atoms with Gasteiger partial charge in [0.1, 0.15) is 0 Å². The molecule has 0 spiro atoms. The molecule has 1 aromatic rings. The Bertz CT molecular complexity index is 404. The molecule has 0 bridgehead atoms. The van der Waals surface area contributed by atoms with Crippen molar-refractivity contribution < 1.29 is 9.90 Å². The molecule has 3 nitrogen and oxygen atoms in total. The Hall–Kier alpha value is -0.870. The summed E-state index contributed by atoms with van der Waals surface area (Å²) in [6, 6.07) is 7.90. The van der Waals surface area contributed by atoms with E-state index in [0.717, 1.165) is 10.0 Å². The third-order valence-corrected chi connectivity index (χ3v) is 3.64. The topological polar surface area (TPSA) is 49.3 Å². The highest BCUT2D eigenvalue weighted by molar-refractivity contribution is 9.10. The Morgan fingerprint density at radius 3 is 2.53 bits per heavy atom. The Labute approximate surface area is 110 Å². The number of nitrogens with one attached hydrogen (secondary N) is 1. The SMILES string of the molecule is CNC(CC(C)(C)C(=O)O)c1ccccc1Br. The molecule has 0 fully saturated rings. The fraction of sp³-hybridized carbons (Fsp3) is 0.462. The van der Waals surface area contributed by atoms with Crippen LogP contribution in [0.5, 0.6) is 0 Å². The van der Waals surface area contributed by atoms with Crippen LogP contribution < -0.4 is 5.32 Å². The normalized spacial score (nSPS) is 13.4. The van der Waals surface area contributed by atoms with E-state index in [9.17, 15) is 4.79 Å². The van der Waals surface area contributed by atoms with E-state index in [1.54, 1.807) is 13.8 Å². The van der Waals surface area contributed by atoms with Crippen molar-refractivity contribution in [3.8, 4) is 0 Å². The second kappa shape index (κ2) is 5.65. The molecule has 1 unspecified atom stereocenters. The molecule has 0 aromatic heterocycles. The molecule has 1 aromatic carbocycles. The molecule has 94 valence electrons. The number of hydrogen-bond acceptors (Lipinski definition) is 2. The van der Waals surface area contributed by atoms with E-state index in [0.29, 0.717) is 6.42 Å². The molecule has 2 N–H and O–H groups in total. The van der Waals surface area contributed by atoms with Gasteiger partial charge in [0.25, 0.3) is 0 Å². The summed E-state index contributed by atoms with van der Waals surface area (Å²) in [5, 5.41) is 12.3. The first-order valence-electron chi connectivity index (χ1n) is 5.53. The first kappa shape index (κ1) is 14.2. The molecule has 0 aliphatic heterocycles. The lowest BCUT2D eigenvalue weighted by atomic mass is 9.83. The maximum absolute atomic E-state index is 11.1. The summed E-state index contributed by atoms with van der Waals surface area (Å²) < 4.78 is 1.00. The van der Waals surface area contributed by atoms with Crippen LogP contribution in [0.25, 0.3) is 0 Å². The Balaban J connectivity index is 2.94. The molecule has 0 radical (unpaired) electrons. The van der Waals surface area contributed by atoms with Crippen molar-refractivity contribution in [2.24, 2.45) is 5.41 Å². The van der Waals surface area contributed by atoms with Gasteiger partial charge in [-0.25, -0.2) is 0 Å². The second-order valence-electron chi connectivity index (χ2n) is 4.76. The van der Waals surface area contributed by atoms with E-state index in [1.165, 1.54) is 0 Å². The van der Waals surface area contributed by atoms with Crippen LogP contribution in [0.2, 0.25) is 0 Å². The Morgan fingerprint density at radius 1 is 1.47 bits per heavy atom. The minimum absolute atomic E-state index is 0.0247. The lowest BCUT2D eigenvalue weighted by Gasteiger charge is -2.26. The van der Waals surface area contributed by atoms with Crippen molar-refractivity contribution in [3.63, 3.8) is 0 Å². The number of rotatable bonds is 5. The summed E-state index contributed by atoms with van der Waals surface area (Å²) >= 11 is 3.49. The van der Waals surface area contributed by atoms with Gasteiger partial charge in [0.2, 0.25) is 0 Å². The number of hydrogen-bond donors (Lipinski definition) is 2. The highest BCUT2D eigenvalue weighted by Gasteiger charge is 2.31. The summed E-state index contributed by atoms with van der Waals surface area (Å²) in [4.78, 5) is 11.1. The van der Waals surface area contributed by atoms with Crippen LogP contribution in [0, 0.1) is 5.41 Å². The van der Waals surface area contributed by atoms with Crippen molar-refractivity contribution in [1.82, 2.24) is 5.32 Å². The van der Waals surface area contributed by atoms with Crippen molar-refractivity contribution in [2.45, 2.75) is 26.3 Å². The number of halogens is 1. The van der Waals surface area contributed by atoms with Crippen LogP contribution in [0.1, 0.15) is 31.9 Å². The first-order chi connectivity index (χ1) is 7.88. The molecule has 0 saturated carbocycles. The molecule has 0 saturated heterocycles. The molecule has 0 aliphatic carbocycles. The van der Waals surface area contributed by atoms with E-state index < -0.39 is 11.4 Å². The summed E-state index contributed by atoms with van der Waals surface area (Å²) in [5.74, 6) is -0.773. The third-order valence-electron chi connectivity index (χ3n) is 2.92. The van der Waals surface area contributed by atoms with Crippen molar-refractivity contribution in [3.05, 3.63) is 34.3 Å². The standard InChI is InChI=1S/C13H18BrNO2/c1-13(2,12(16)17)8-11(15-3)9-6-4-5-7-10(9)14/h4-7,11,15H,8H2,1-3H3,(H,16,17). The Kier molecular flexibility index (Phi) is 4.71. The highest BCUT2D eigenvalue weighted by atomic mass is 79.9. The van der Waals surface area contributed by atoms with Gasteiger partial charge in [0.15, 0.2) is 0 Å². The fourth-order valence-electron chi connectivity index (χ4n) is 1.72. The lowest BCUT2D eigenvalue weighted by Crippen LogP contribution is -2.30. The zero-order chi connectivity index (χ0) is 13.1. The molecular formula is C13H18BrNO2. The van der Waals surface area contributed by atoms with E-state index in [-0.39, 0.29) is 6.04 Å². The number of benzene rings is 1. The summed E-state index contributed by atoms with van der Waals surface area (Å²) in [6.07, 6.45) is 0.543. The molecule has 17 heavy (non-hydrogen) atoms. The van der Waals surface area contributed by atoms with Gasteiger partial charge in [0, 0.05) is 10.5 Å². The summed E-state index contributed by atoms with van der Waals surface area (Å²) in [6.45, 7) is 3.49. The van der Waals surface area contributed by atoms with Crippen molar-refractivity contribution in [2.75, 3.05) is 7.05 Å².